The third kappa shape index (κ3) is 3.19. The minimum absolute atomic E-state index is 0.321. The first-order valence-electron chi connectivity index (χ1n) is 8.91. The summed E-state index contributed by atoms with van der Waals surface area (Å²) in [7, 11) is 0. The number of benzene rings is 1. The fourth-order valence-electron chi connectivity index (χ4n) is 3.71. The molecule has 2 aromatic rings. The molecule has 0 atom stereocenters. The van der Waals surface area contributed by atoms with Gasteiger partial charge in [0.15, 0.2) is 0 Å². The number of hydrogen-bond acceptors (Lipinski definition) is 6. The van der Waals surface area contributed by atoms with E-state index in [0.717, 1.165) is 32.7 Å². The second kappa shape index (κ2) is 6.98. The van der Waals surface area contributed by atoms with Crippen molar-refractivity contribution in [1.29, 1.82) is 0 Å². The fourth-order valence-corrected chi connectivity index (χ4v) is 3.71. The number of hydrogen-bond donors (Lipinski definition) is 0. The van der Waals surface area contributed by atoms with Gasteiger partial charge in [-0.1, -0.05) is 30.3 Å². The maximum Gasteiger partial charge on any atom is 0.253 e. The van der Waals surface area contributed by atoms with Crippen LogP contribution in [0.5, 0.6) is 0 Å². The summed E-state index contributed by atoms with van der Waals surface area (Å²) < 4.78 is 5.35. The number of nitrogens with zero attached hydrogens (tertiary/aromatic N) is 3. The SMILES string of the molecule is O=c1c(N2CCOCC2)c(N2CCN(Cc3ccccc3)CC2)c1=O. The molecule has 4 rings (SSSR count). The number of ether oxygens (including phenoxy) is 1. The van der Waals surface area contributed by atoms with Crippen LogP contribution in [0.4, 0.5) is 11.4 Å². The predicted octanol–water partition coefficient (Wildman–Crippen LogP) is 0.441. The Morgan fingerprint density at radius 3 is 1.92 bits per heavy atom. The van der Waals surface area contributed by atoms with Gasteiger partial charge in [0.05, 0.1) is 13.2 Å². The molecule has 2 aromatic carbocycles. The summed E-state index contributed by atoms with van der Waals surface area (Å²) in [5.41, 5.74) is 1.90. The van der Waals surface area contributed by atoms with Crippen LogP contribution in [0.2, 0.25) is 0 Å². The van der Waals surface area contributed by atoms with Gasteiger partial charge in [0, 0.05) is 45.8 Å². The molecule has 0 radical (unpaired) electrons. The van der Waals surface area contributed by atoms with Gasteiger partial charge in [0.1, 0.15) is 11.4 Å². The molecule has 0 bridgehead atoms. The summed E-state index contributed by atoms with van der Waals surface area (Å²) in [5, 5.41) is 0. The van der Waals surface area contributed by atoms with Crippen molar-refractivity contribution in [1.82, 2.24) is 4.90 Å². The van der Waals surface area contributed by atoms with Gasteiger partial charge < -0.3 is 14.5 Å². The molecule has 0 N–H and O–H groups in total. The largest absolute Gasteiger partial charge is 0.378 e. The van der Waals surface area contributed by atoms with Crippen LogP contribution in [0.25, 0.3) is 0 Å². The van der Waals surface area contributed by atoms with E-state index in [4.69, 9.17) is 4.74 Å². The smallest absolute Gasteiger partial charge is 0.253 e. The molecule has 0 saturated carbocycles. The zero-order valence-corrected chi connectivity index (χ0v) is 14.3. The average Bonchev–Trinajstić information content (AvgIpc) is 2.67. The molecule has 6 heteroatoms. The van der Waals surface area contributed by atoms with Crippen LogP contribution in [0, 0.1) is 0 Å². The molecule has 6 nitrogen and oxygen atoms in total. The summed E-state index contributed by atoms with van der Waals surface area (Å²) in [6.45, 7) is 6.90. The van der Waals surface area contributed by atoms with Crippen molar-refractivity contribution in [3.8, 4) is 0 Å². The van der Waals surface area contributed by atoms with Crippen LogP contribution in [-0.2, 0) is 11.3 Å². The van der Waals surface area contributed by atoms with E-state index in [1.54, 1.807) is 0 Å². The highest BCUT2D eigenvalue weighted by Crippen LogP contribution is 2.26. The molecule has 2 aliphatic rings. The Kier molecular flexibility index (Phi) is 4.55. The molecule has 2 aliphatic heterocycles. The van der Waals surface area contributed by atoms with Gasteiger partial charge in [0.25, 0.3) is 10.9 Å². The highest BCUT2D eigenvalue weighted by atomic mass is 16.5. The van der Waals surface area contributed by atoms with Crippen LogP contribution in [0.3, 0.4) is 0 Å². The van der Waals surface area contributed by atoms with Gasteiger partial charge in [-0.25, -0.2) is 0 Å². The van der Waals surface area contributed by atoms with E-state index in [2.05, 4.69) is 34.1 Å². The molecule has 25 heavy (non-hydrogen) atoms. The Morgan fingerprint density at radius 1 is 0.760 bits per heavy atom. The molecule has 0 aliphatic carbocycles. The Morgan fingerprint density at radius 2 is 1.32 bits per heavy atom. The zero-order valence-electron chi connectivity index (χ0n) is 14.3. The normalized spacial score (nSPS) is 19.5. The number of rotatable bonds is 4. The van der Waals surface area contributed by atoms with Gasteiger partial charge >= 0.3 is 0 Å². The monoisotopic (exact) mass is 341 g/mol. The van der Waals surface area contributed by atoms with Crippen LogP contribution < -0.4 is 20.7 Å². The number of anilines is 2. The van der Waals surface area contributed by atoms with Crippen molar-refractivity contribution >= 4 is 11.4 Å². The van der Waals surface area contributed by atoms with Gasteiger partial charge in [-0.3, -0.25) is 14.5 Å². The van der Waals surface area contributed by atoms with Gasteiger partial charge in [-0.15, -0.1) is 0 Å². The first-order valence-corrected chi connectivity index (χ1v) is 8.91. The standard InChI is InChI=1S/C19H23N3O3/c23-18-16(17(19(18)24)22-10-12-25-13-11-22)21-8-6-20(7-9-21)14-15-4-2-1-3-5-15/h1-5H,6-14H2. The zero-order chi connectivity index (χ0) is 17.2. The minimum atomic E-state index is -0.330. The molecule has 2 fully saturated rings. The van der Waals surface area contributed by atoms with Crippen LogP contribution in [-0.4, -0.2) is 57.4 Å². The summed E-state index contributed by atoms with van der Waals surface area (Å²) in [5.74, 6) is 0. The number of morpholine rings is 1. The summed E-state index contributed by atoms with van der Waals surface area (Å²) in [6.07, 6.45) is 0. The molecule has 2 heterocycles. The maximum atomic E-state index is 12.2. The molecule has 0 aromatic heterocycles. The highest BCUT2D eigenvalue weighted by Gasteiger charge is 2.32. The van der Waals surface area contributed by atoms with Gasteiger partial charge in [-0.05, 0) is 5.56 Å². The quantitative estimate of drug-likeness (QED) is 0.753. The maximum absolute atomic E-state index is 12.2. The van der Waals surface area contributed by atoms with Crippen molar-refractivity contribution in [2.24, 2.45) is 0 Å². The Labute approximate surface area is 146 Å². The van der Waals surface area contributed by atoms with E-state index < -0.39 is 0 Å². The molecule has 2 saturated heterocycles. The van der Waals surface area contributed by atoms with E-state index in [1.807, 2.05) is 11.0 Å². The van der Waals surface area contributed by atoms with Crippen molar-refractivity contribution < 1.29 is 4.74 Å². The molecule has 0 amide bonds. The predicted molar refractivity (Wildman–Crippen MR) is 98.3 cm³/mol. The summed E-state index contributed by atoms with van der Waals surface area (Å²) in [6, 6.07) is 10.4. The Balaban J connectivity index is 1.42. The van der Waals surface area contributed by atoms with E-state index in [-0.39, 0.29) is 10.9 Å². The molecular formula is C19H23N3O3. The first-order chi connectivity index (χ1) is 12.2. The Hall–Kier alpha value is -2.18. The van der Waals surface area contributed by atoms with Crippen LogP contribution in [0.1, 0.15) is 5.56 Å². The lowest BCUT2D eigenvalue weighted by Crippen LogP contribution is -2.53. The third-order valence-electron chi connectivity index (χ3n) is 5.13. The molecule has 0 spiro atoms. The lowest BCUT2D eigenvalue weighted by Gasteiger charge is -2.39. The van der Waals surface area contributed by atoms with Crippen molar-refractivity contribution in [3.63, 3.8) is 0 Å². The summed E-state index contributed by atoms with van der Waals surface area (Å²) >= 11 is 0. The van der Waals surface area contributed by atoms with Crippen molar-refractivity contribution in [2.75, 3.05) is 62.3 Å². The van der Waals surface area contributed by atoms with Crippen LogP contribution in [0.15, 0.2) is 39.9 Å². The molecule has 132 valence electrons. The van der Waals surface area contributed by atoms with Gasteiger partial charge in [-0.2, -0.15) is 0 Å². The highest BCUT2D eigenvalue weighted by molar-refractivity contribution is 5.76. The van der Waals surface area contributed by atoms with Crippen LogP contribution >= 0.6 is 0 Å². The Bertz CT molecular complexity index is 784. The lowest BCUT2D eigenvalue weighted by molar-refractivity contribution is 0.122. The molecular weight excluding hydrogens is 318 g/mol. The van der Waals surface area contributed by atoms with Gasteiger partial charge in [0.2, 0.25) is 0 Å². The van der Waals surface area contributed by atoms with Crippen molar-refractivity contribution in [2.45, 2.75) is 6.54 Å². The van der Waals surface area contributed by atoms with E-state index >= 15 is 0 Å². The number of piperazine rings is 1. The van der Waals surface area contributed by atoms with E-state index in [1.165, 1.54) is 5.56 Å². The minimum Gasteiger partial charge on any atom is -0.378 e. The fraction of sp³-hybridized carbons (Fsp3) is 0.474. The summed E-state index contributed by atoms with van der Waals surface area (Å²) in [4.78, 5) is 30.8. The topological polar surface area (TPSA) is 53.1 Å². The van der Waals surface area contributed by atoms with E-state index in [0.29, 0.717) is 37.7 Å². The third-order valence-corrected chi connectivity index (χ3v) is 5.13. The molecule has 0 unspecified atom stereocenters. The van der Waals surface area contributed by atoms with Crippen molar-refractivity contribution in [3.05, 3.63) is 56.3 Å². The van der Waals surface area contributed by atoms with E-state index in [9.17, 15) is 9.59 Å². The average molecular weight is 341 g/mol. The second-order valence-electron chi connectivity index (χ2n) is 6.70. The first kappa shape index (κ1) is 16.3. The second-order valence-corrected chi connectivity index (χ2v) is 6.70. The lowest BCUT2D eigenvalue weighted by atomic mass is 10.1.